The lowest BCUT2D eigenvalue weighted by Crippen LogP contribution is -2.37. The van der Waals surface area contributed by atoms with Crippen LogP contribution in [0.15, 0.2) is 48.6 Å². The van der Waals surface area contributed by atoms with Crippen LogP contribution in [0.1, 0.15) is 206 Å². The Labute approximate surface area is 369 Å². The van der Waals surface area contributed by atoms with E-state index in [2.05, 4.69) is 62.5 Å². The fraction of sp³-hybridized carbons (Fsp3) is 0.800. The number of esters is 2. The van der Waals surface area contributed by atoms with Crippen LogP contribution in [0.4, 0.5) is 0 Å². The highest BCUT2D eigenvalue weighted by atomic mass is 31.2. The zero-order valence-electron chi connectivity index (χ0n) is 39.4. The molecule has 0 aliphatic carbocycles. The van der Waals surface area contributed by atoms with E-state index in [9.17, 15) is 19.0 Å². The Morgan fingerprint density at radius 1 is 0.517 bits per heavy atom. The normalized spacial score (nSPS) is 13.9. The second-order valence-electron chi connectivity index (χ2n) is 17.5. The van der Waals surface area contributed by atoms with Crippen molar-refractivity contribution in [2.75, 3.05) is 47.5 Å². The molecule has 350 valence electrons. The van der Waals surface area contributed by atoms with Gasteiger partial charge in [0.15, 0.2) is 6.10 Å². The van der Waals surface area contributed by atoms with Crippen LogP contribution >= 0.6 is 7.82 Å². The first kappa shape index (κ1) is 58.0. The van der Waals surface area contributed by atoms with Crippen molar-refractivity contribution in [2.24, 2.45) is 0 Å². The summed E-state index contributed by atoms with van der Waals surface area (Å²) in [6, 6.07) is 0. The molecule has 10 heteroatoms. The van der Waals surface area contributed by atoms with E-state index in [-0.39, 0.29) is 32.0 Å². The number of quaternary nitrogens is 1. The molecule has 0 radical (unpaired) electrons. The van der Waals surface area contributed by atoms with E-state index < -0.39 is 26.5 Å². The number of phosphoric acid groups is 1. The van der Waals surface area contributed by atoms with Crippen molar-refractivity contribution in [3.63, 3.8) is 0 Å². The number of unbranched alkanes of at least 4 members (excludes halogenated alkanes) is 22. The van der Waals surface area contributed by atoms with Crippen molar-refractivity contribution in [3.8, 4) is 0 Å². The van der Waals surface area contributed by atoms with Crippen LogP contribution in [0.25, 0.3) is 0 Å². The third-order valence-corrected chi connectivity index (χ3v) is 11.3. The summed E-state index contributed by atoms with van der Waals surface area (Å²) in [4.78, 5) is 35.5. The van der Waals surface area contributed by atoms with Crippen LogP contribution in [0.2, 0.25) is 0 Å². The molecule has 0 spiro atoms. The molecule has 0 fully saturated rings. The van der Waals surface area contributed by atoms with Crippen molar-refractivity contribution < 1.29 is 42.1 Å². The third kappa shape index (κ3) is 45.5. The fourth-order valence-corrected chi connectivity index (χ4v) is 7.27. The van der Waals surface area contributed by atoms with Crippen LogP contribution in [0.5, 0.6) is 0 Å². The van der Waals surface area contributed by atoms with Crippen molar-refractivity contribution in [1.82, 2.24) is 0 Å². The number of hydrogen-bond acceptors (Lipinski definition) is 7. The second kappa shape index (κ2) is 42.3. The highest BCUT2D eigenvalue weighted by molar-refractivity contribution is 7.47. The van der Waals surface area contributed by atoms with Gasteiger partial charge in [-0.2, -0.15) is 0 Å². The predicted molar refractivity (Wildman–Crippen MR) is 252 cm³/mol. The number of hydrogen-bond donors (Lipinski definition) is 1. The Kier molecular flexibility index (Phi) is 40.8. The Hall–Kier alpha value is -2.03. The second-order valence-corrected chi connectivity index (χ2v) is 19.0. The van der Waals surface area contributed by atoms with Crippen LogP contribution in [0, 0.1) is 0 Å². The van der Waals surface area contributed by atoms with E-state index in [1.54, 1.807) is 0 Å². The first-order valence-corrected chi connectivity index (χ1v) is 25.9. The van der Waals surface area contributed by atoms with E-state index in [1.165, 1.54) is 116 Å². The van der Waals surface area contributed by atoms with Gasteiger partial charge < -0.3 is 18.9 Å². The average molecular weight is 867 g/mol. The number of carbonyl (C=O) groups is 2. The summed E-state index contributed by atoms with van der Waals surface area (Å²) in [5.41, 5.74) is 0. The molecule has 0 aliphatic heterocycles. The molecule has 60 heavy (non-hydrogen) atoms. The number of carbonyl (C=O) groups excluding carboxylic acids is 2. The van der Waals surface area contributed by atoms with Gasteiger partial charge in [0.05, 0.1) is 27.7 Å². The molecule has 0 aromatic rings. The largest absolute Gasteiger partial charge is 0.472 e. The van der Waals surface area contributed by atoms with Crippen LogP contribution in [0.3, 0.4) is 0 Å². The molecule has 0 saturated carbocycles. The van der Waals surface area contributed by atoms with Gasteiger partial charge in [0.2, 0.25) is 0 Å². The van der Waals surface area contributed by atoms with E-state index in [0.717, 1.165) is 57.8 Å². The van der Waals surface area contributed by atoms with Crippen molar-refractivity contribution >= 4 is 19.8 Å². The topological polar surface area (TPSA) is 108 Å². The van der Waals surface area contributed by atoms with Gasteiger partial charge in [0.25, 0.3) is 0 Å². The van der Waals surface area contributed by atoms with Crippen LogP contribution in [-0.2, 0) is 32.7 Å². The number of nitrogens with zero attached hydrogens (tertiary/aromatic N) is 1. The van der Waals surface area contributed by atoms with Gasteiger partial charge in [0, 0.05) is 12.8 Å². The minimum absolute atomic E-state index is 0.0249. The Morgan fingerprint density at radius 2 is 0.900 bits per heavy atom. The van der Waals surface area contributed by atoms with Gasteiger partial charge in [-0.05, 0) is 57.8 Å². The number of rotatable bonds is 44. The molecule has 1 N–H and O–H groups in total. The fourth-order valence-electron chi connectivity index (χ4n) is 6.53. The van der Waals surface area contributed by atoms with Gasteiger partial charge in [0.1, 0.15) is 19.8 Å². The van der Waals surface area contributed by atoms with E-state index in [0.29, 0.717) is 17.4 Å². The van der Waals surface area contributed by atoms with Crippen molar-refractivity contribution in [2.45, 2.75) is 213 Å². The summed E-state index contributed by atoms with van der Waals surface area (Å²) in [7, 11) is 1.46. The summed E-state index contributed by atoms with van der Waals surface area (Å²) >= 11 is 0. The lowest BCUT2D eigenvalue weighted by Gasteiger charge is -2.24. The van der Waals surface area contributed by atoms with Crippen molar-refractivity contribution in [1.29, 1.82) is 0 Å². The Bertz CT molecular complexity index is 1160. The minimum Gasteiger partial charge on any atom is -0.462 e. The van der Waals surface area contributed by atoms with Crippen LogP contribution < -0.4 is 0 Å². The molecule has 2 atom stereocenters. The van der Waals surface area contributed by atoms with Gasteiger partial charge >= 0.3 is 19.8 Å². The molecule has 0 aromatic carbocycles. The number of likely N-dealkylation sites (N-methyl/N-ethyl adjacent to an activating group) is 1. The molecule has 9 nitrogen and oxygen atoms in total. The molecule has 0 rings (SSSR count). The maximum atomic E-state index is 12.7. The third-order valence-electron chi connectivity index (χ3n) is 10.4. The molecule has 0 bridgehead atoms. The van der Waals surface area contributed by atoms with Crippen LogP contribution in [-0.4, -0.2) is 74.9 Å². The monoisotopic (exact) mass is 867 g/mol. The maximum Gasteiger partial charge on any atom is 0.472 e. The molecule has 0 saturated heterocycles. The minimum atomic E-state index is -4.39. The first-order valence-electron chi connectivity index (χ1n) is 24.4. The van der Waals surface area contributed by atoms with E-state index in [1.807, 2.05) is 21.1 Å². The molecule has 1 unspecified atom stereocenters. The summed E-state index contributed by atoms with van der Waals surface area (Å²) in [5.74, 6) is -0.829. The highest BCUT2D eigenvalue weighted by Crippen LogP contribution is 2.43. The zero-order chi connectivity index (χ0) is 44.3. The number of allylic oxidation sites excluding steroid dienone is 8. The quantitative estimate of drug-likeness (QED) is 0.0212. The predicted octanol–water partition coefficient (Wildman–Crippen LogP) is 14.2. The summed E-state index contributed by atoms with van der Waals surface area (Å²) < 4.78 is 34.4. The number of phosphoric ester groups is 1. The molecule has 0 aromatic heterocycles. The Balaban J connectivity index is 4.36. The standard InChI is InChI=1S/C50H92NO8P/c1-6-8-10-12-14-16-18-20-22-24-25-27-29-31-33-35-37-39-41-43-50(53)59-48(47-58-60(54,55)57-45-44-51(3,4)5)46-56-49(52)42-40-38-36-34-32-30-28-26-23-21-19-17-15-13-11-9-7-2/h14,16,20,22,25,27,31,33,48H,6-13,15,17-19,21,23-24,26,28-30,32,34-47H2,1-5H3/p+1/b16-14-,22-20-,27-25-,33-31-/t48-/m1/s1. The smallest absolute Gasteiger partial charge is 0.462 e. The molecule has 0 amide bonds. The van der Waals surface area contributed by atoms with Gasteiger partial charge in [-0.1, -0.05) is 184 Å². The average Bonchev–Trinajstić information content (AvgIpc) is 3.20. The van der Waals surface area contributed by atoms with Gasteiger partial charge in [-0.3, -0.25) is 18.6 Å². The lowest BCUT2D eigenvalue weighted by molar-refractivity contribution is -0.870. The summed E-state index contributed by atoms with van der Waals surface area (Å²) in [5, 5.41) is 0. The summed E-state index contributed by atoms with van der Waals surface area (Å²) in [6.45, 7) is 4.37. The van der Waals surface area contributed by atoms with E-state index in [4.69, 9.17) is 18.5 Å². The molecule has 0 aliphatic rings. The van der Waals surface area contributed by atoms with Gasteiger partial charge in [-0.25, -0.2) is 4.57 Å². The number of ether oxygens (including phenoxy) is 2. The first-order chi connectivity index (χ1) is 29.0. The molecular weight excluding hydrogens is 774 g/mol. The lowest BCUT2D eigenvalue weighted by atomic mass is 10.0. The summed E-state index contributed by atoms with van der Waals surface area (Å²) in [6.07, 6.45) is 50.1. The van der Waals surface area contributed by atoms with E-state index >= 15 is 0 Å². The molecule has 0 heterocycles. The SMILES string of the molecule is CCCCC/C=C\C/C=C\C/C=C\C/C=C\CCCCCC(=O)O[C@H](COC(=O)CCCCCCCCCCCCCCCCCCC)COP(=O)(O)OCC[N+](C)(C)C. The van der Waals surface area contributed by atoms with Crippen molar-refractivity contribution in [3.05, 3.63) is 48.6 Å². The maximum absolute atomic E-state index is 12.7. The highest BCUT2D eigenvalue weighted by Gasteiger charge is 2.27. The molecular formula is C50H93NO8P+. The zero-order valence-corrected chi connectivity index (χ0v) is 40.3. The Morgan fingerprint density at radius 3 is 1.37 bits per heavy atom. The van der Waals surface area contributed by atoms with Gasteiger partial charge in [-0.15, -0.1) is 0 Å².